The van der Waals surface area contributed by atoms with Crippen LogP contribution in [0.15, 0.2) is 0 Å². The van der Waals surface area contributed by atoms with Crippen LogP contribution in [0.25, 0.3) is 0 Å². The van der Waals surface area contributed by atoms with Crippen LogP contribution in [0.4, 0.5) is 4.79 Å². The van der Waals surface area contributed by atoms with Crippen LogP contribution in [-0.2, 0) is 19.2 Å². The average Bonchev–Trinajstić information content (AvgIpc) is 2.99. The Bertz CT molecular complexity index is 640. The topological polar surface area (TPSA) is 177 Å². The highest BCUT2D eigenvalue weighted by atomic mass is 16.2. The van der Waals surface area contributed by atoms with Crippen LogP contribution in [0.1, 0.15) is 40.5 Å². The zero-order valence-corrected chi connectivity index (χ0v) is 16.0. The van der Waals surface area contributed by atoms with Gasteiger partial charge in [0.15, 0.2) is 5.66 Å². The van der Waals surface area contributed by atoms with E-state index >= 15 is 0 Å². The molecule has 11 nitrogen and oxygen atoms in total. The summed E-state index contributed by atoms with van der Waals surface area (Å²) in [6.45, 7) is 6.58. The van der Waals surface area contributed by atoms with E-state index in [-0.39, 0.29) is 6.54 Å². The first-order valence-electron chi connectivity index (χ1n) is 8.55. The number of primary amides is 1. The van der Waals surface area contributed by atoms with E-state index in [0.717, 1.165) is 6.92 Å². The quantitative estimate of drug-likeness (QED) is 0.259. The highest BCUT2D eigenvalue weighted by molar-refractivity contribution is 6.39. The highest BCUT2D eigenvalue weighted by Gasteiger charge is 2.40. The van der Waals surface area contributed by atoms with Gasteiger partial charge in [-0.25, -0.2) is 4.79 Å². The fraction of sp³-hybridized carbons (Fsp3) is 0.688. The maximum Gasteiger partial charge on any atom is 0.315 e. The van der Waals surface area contributed by atoms with E-state index in [4.69, 9.17) is 11.5 Å². The monoisotopic (exact) mass is 384 g/mol. The summed E-state index contributed by atoms with van der Waals surface area (Å²) in [4.78, 5) is 60.5. The summed E-state index contributed by atoms with van der Waals surface area (Å²) in [5, 5.41) is 7.35. The minimum Gasteiger partial charge on any atom is -0.363 e. The number of hydrogen-bond acceptors (Lipinski definition) is 6. The molecule has 1 aliphatic rings. The van der Waals surface area contributed by atoms with Gasteiger partial charge in [0.2, 0.25) is 11.8 Å². The Morgan fingerprint density at radius 2 is 1.67 bits per heavy atom. The maximum atomic E-state index is 12.4. The maximum absolute atomic E-state index is 12.4. The smallest absolute Gasteiger partial charge is 0.315 e. The molecule has 27 heavy (non-hydrogen) atoms. The number of ketones is 1. The van der Waals surface area contributed by atoms with Gasteiger partial charge in [-0.2, -0.15) is 0 Å². The lowest BCUT2D eigenvalue weighted by molar-refractivity contribution is -0.143. The van der Waals surface area contributed by atoms with E-state index < -0.39 is 46.8 Å². The summed E-state index contributed by atoms with van der Waals surface area (Å²) < 4.78 is 0. The van der Waals surface area contributed by atoms with E-state index in [1.165, 1.54) is 4.90 Å². The van der Waals surface area contributed by atoms with Gasteiger partial charge < -0.3 is 32.3 Å². The number of rotatable bonds is 6. The summed E-state index contributed by atoms with van der Waals surface area (Å²) in [5.41, 5.74) is 8.14. The van der Waals surface area contributed by atoms with Gasteiger partial charge in [0, 0.05) is 12.1 Å². The van der Waals surface area contributed by atoms with Crippen LogP contribution >= 0.6 is 0 Å². The standard InChI is InChI=1S/C16H28N6O5/c1-15(2,3)21-14(27)19-8-10(23)22-7-5-6-9(22)13(26)20-16(4,18)11(24)12(17)25/h9H,5-8,18H2,1-4H3,(H2,17,25)(H,20,26)(H2,19,21,27). The Kier molecular flexibility index (Phi) is 6.90. The van der Waals surface area contributed by atoms with Crippen molar-refractivity contribution in [2.75, 3.05) is 13.1 Å². The number of nitrogens with one attached hydrogen (secondary N) is 3. The Labute approximate surface area is 157 Å². The number of urea groups is 1. The van der Waals surface area contributed by atoms with Crippen molar-refractivity contribution in [1.82, 2.24) is 20.9 Å². The number of hydrogen-bond donors (Lipinski definition) is 5. The summed E-state index contributed by atoms with van der Waals surface area (Å²) in [6, 6.07) is -1.36. The van der Waals surface area contributed by atoms with Crippen LogP contribution < -0.4 is 27.4 Å². The van der Waals surface area contributed by atoms with E-state index in [2.05, 4.69) is 16.0 Å². The van der Waals surface area contributed by atoms with Gasteiger partial charge in [-0.3, -0.25) is 19.2 Å². The molecule has 1 aliphatic heterocycles. The minimum atomic E-state index is -1.97. The molecule has 7 N–H and O–H groups in total. The number of nitrogens with zero attached hydrogens (tertiary/aromatic N) is 1. The number of carbonyl (C=O) groups is 5. The molecule has 1 fully saturated rings. The van der Waals surface area contributed by atoms with Crippen molar-refractivity contribution in [3.63, 3.8) is 0 Å². The lowest BCUT2D eigenvalue weighted by Gasteiger charge is -2.29. The molecule has 0 saturated carbocycles. The van der Waals surface area contributed by atoms with E-state index in [1.54, 1.807) is 20.8 Å². The second kappa shape index (κ2) is 8.33. The lowest BCUT2D eigenvalue weighted by atomic mass is 10.1. The minimum absolute atomic E-state index is 0.286. The molecule has 1 heterocycles. The third-order valence-electron chi connectivity index (χ3n) is 3.84. The number of likely N-dealkylation sites (tertiary alicyclic amines) is 1. The molecule has 0 aromatic rings. The zero-order valence-electron chi connectivity index (χ0n) is 16.0. The molecule has 0 aliphatic carbocycles. The van der Waals surface area contributed by atoms with Crippen molar-refractivity contribution in [3.05, 3.63) is 0 Å². The molecular weight excluding hydrogens is 356 g/mol. The van der Waals surface area contributed by atoms with Gasteiger partial charge in [0.05, 0.1) is 6.54 Å². The van der Waals surface area contributed by atoms with Gasteiger partial charge in [-0.15, -0.1) is 0 Å². The van der Waals surface area contributed by atoms with Crippen LogP contribution in [0.2, 0.25) is 0 Å². The molecule has 2 unspecified atom stereocenters. The normalized spacial score (nSPS) is 19.0. The molecule has 0 aromatic carbocycles. The van der Waals surface area contributed by atoms with Crippen molar-refractivity contribution in [1.29, 1.82) is 0 Å². The summed E-state index contributed by atoms with van der Waals surface area (Å²) in [7, 11) is 0. The van der Waals surface area contributed by atoms with E-state index in [9.17, 15) is 24.0 Å². The molecule has 0 aromatic heterocycles. The number of amides is 5. The van der Waals surface area contributed by atoms with Crippen LogP contribution in [-0.4, -0.2) is 64.8 Å². The second-order valence-electron chi connectivity index (χ2n) is 7.69. The number of carbonyl (C=O) groups excluding carboxylic acids is 5. The lowest BCUT2D eigenvalue weighted by Crippen LogP contribution is -2.65. The van der Waals surface area contributed by atoms with Gasteiger partial charge in [-0.05, 0) is 40.5 Å². The molecule has 1 rings (SSSR count). The molecule has 0 spiro atoms. The number of Topliss-reactive ketones (excluding diaryl/α,β-unsaturated/α-hetero) is 1. The molecule has 5 amide bonds. The molecule has 152 valence electrons. The fourth-order valence-electron chi connectivity index (χ4n) is 2.63. The first-order valence-corrected chi connectivity index (χ1v) is 8.55. The Morgan fingerprint density at radius 1 is 1.07 bits per heavy atom. The van der Waals surface area contributed by atoms with Crippen LogP contribution in [0, 0.1) is 0 Å². The Balaban J connectivity index is 2.68. The largest absolute Gasteiger partial charge is 0.363 e. The molecular formula is C16H28N6O5. The molecule has 1 saturated heterocycles. The SMILES string of the molecule is CC(C)(C)NC(=O)NCC(=O)N1CCCC1C(=O)NC(C)(N)C(=O)C(N)=O. The number of nitrogens with two attached hydrogens (primary N) is 2. The van der Waals surface area contributed by atoms with Crippen molar-refractivity contribution in [2.24, 2.45) is 11.5 Å². The molecule has 0 bridgehead atoms. The molecule has 11 heteroatoms. The van der Waals surface area contributed by atoms with Gasteiger partial charge in [0.25, 0.3) is 11.7 Å². The average molecular weight is 384 g/mol. The van der Waals surface area contributed by atoms with E-state index in [0.29, 0.717) is 19.4 Å². The summed E-state index contributed by atoms with van der Waals surface area (Å²) >= 11 is 0. The predicted octanol–water partition coefficient (Wildman–Crippen LogP) is -2.08. The highest BCUT2D eigenvalue weighted by Crippen LogP contribution is 2.18. The predicted molar refractivity (Wildman–Crippen MR) is 96.0 cm³/mol. The zero-order chi connectivity index (χ0) is 21.0. The van der Waals surface area contributed by atoms with Gasteiger partial charge in [0.1, 0.15) is 6.04 Å². The van der Waals surface area contributed by atoms with Crippen molar-refractivity contribution in [3.8, 4) is 0 Å². The van der Waals surface area contributed by atoms with E-state index in [1.807, 2.05) is 0 Å². The first-order chi connectivity index (χ1) is 12.2. The summed E-state index contributed by atoms with van der Waals surface area (Å²) in [6.07, 6.45) is 0.940. The van der Waals surface area contributed by atoms with Crippen molar-refractivity contribution in [2.45, 2.75) is 57.8 Å². The van der Waals surface area contributed by atoms with Crippen LogP contribution in [0.5, 0.6) is 0 Å². The van der Waals surface area contributed by atoms with Crippen molar-refractivity contribution < 1.29 is 24.0 Å². The third-order valence-corrected chi connectivity index (χ3v) is 3.84. The molecule has 0 radical (unpaired) electrons. The third kappa shape index (κ3) is 6.51. The van der Waals surface area contributed by atoms with Gasteiger partial charge in [-0.1, -0.05) is 0 Å². The molecule has 2 atom stereocenters. The fourth-order valence-corrected chi connectivity index (χ4v) is 2.63. The van der Waals surface area contributed by atoms with Crippen LogP contribution in [0.3, 0.4) is 0 Å². The van der Waals surface area contributed by atoms with Gasteiger partial charge >= 0.3 is 6.03 Å². The first kappa shape index (κ1) is 22.4. The Morgan fingerprint density at radius 3 is 2.19 bits per heavy atom. The van der Waals surface area contributed by atoms with Crippen molar-refractivity contribution >= 4 is 29.5 Å². The Hall–Kier alpha value is -2.69. The summed E-state index contributed by atoms with van der Waals surface area (Å²) in [5.74, 6) is -3.53. The second-order valence-corrected chi connectivity index (χ2v) is 7.69.